The van der Waals surface area contributed by atoms with Crippen molar-refractivity contribution in [3.63, 3.8) is 0 Å². The lowest BCUT2D eigenvalue weighted by atomic mass is 9.86. The summed E-state index contributed by atoms with van der Waals surface area (Å²) in [5, 5.41) is 14.4. The molecule has 1 heterocycles. The van der Waals surface area contributed by atoms with Crippen molar-refractivity contribution in [3.8, 4) is 0 Å². The zero-order valence-corrected chi connectivity index (χ0v) is 10.1. The zero-order chi connectivity index (χ0) is 13.1. The Morgan fingerprint density at radius 3 is 2.33 bits per heavy atom. The molecular formula is C12H18N2O4. The molecule has 1 atom stereocenters. The molecule has 3 N–H and O–H groups in total. The van der Waals surface area contributed by atoms with Crippen molar-refractivity contribution < 1.29 is 19.5 Å². The highest BCUT2D eigenvalue weighted by atomic mass is 16.4. The fourth-order valence-corrected chi connectivity index (χ4v) is 2.59. The van der Waals surface area contributed by atoms with Crippen LogP contribution in [0.3, 0.4) is 0 Å². The molecule has 2 amide bonds. The smallest absolute Gasteiger partial charge is 0.306 e. The molecule has 6 heteroatoms. The maximum absolute atomic E-state index is 11.9. The Kier molecular flexibility index (Phi) is 3.84. The van der Waals surface area contributed by atoms with Crippen LogP contribution in [0.4, 0.5) is 0 Å². The molecule has 0 aromatic carbocycles. The molecule has 2 aliphatic rings. The van der Waals surface area contributed by atoms with E-state index in [-0.39, 0.29) is 36.1 Å². The number of hydrogen-bond acceptors (Lipinski definition) is 3. The molecule has 0 bridgehead atoms. The first-order valence-electron chi connectivity index (χ1n) is 6.36. The number of carboxylic acid groups (broad SMARTS) is 1. The van der Waals surface area contributed by atoms with E-state index in [1.54, 1.807) is 0 Å². The first kappa shape index (κ1) is 12.9. The minimum atomic E-state index is -0.745. The highest BCUT2D eigenvalue weighted by Crippen LogP contribution is 2.24. The molecule has 6 nitrogen and oxygen atoms in total. The van der Waals surface area contributed by atoms with E-state index in [0.29, 0.717) is 32.2 Å². The van der Waals surface area contributed by atoms with Crippen molar-refractivity contribution in [2.24, 2.45) is 11.8 Å². The van der Waals surface area contributed by atoms with E-state index in [9.17, 15) is 14.4 Å². The second-order valence-corrected chi connectivity index (χ2v) is 5.10. The average Bonchev–Trinajstić information content (AvgIpc) is 2.76. The summed E-state index contributed by atoms with van der Waals surface area (Å²) >= 11 is 0. The van der Waals surface area contributed by atoms with Gasteiger partial charge in [-0.2, -0.15) is 0 Å². The van der Waals surface area contributed by atoms with Crippen LogP contribution in [0.5, 0.6) is 0 Å². The molecule has 1 aliphatic carbocycles. The van der Waals surface area contributed by atoms with Gasteiger partial charge < -0.3 is 15.7 Å². The summed E-state index contributed by atoms with van der Waals surface area (Å²) in [6, 6.07) is 0.0591. The summed E-state index contributed by atoms with van der Waals surface area (Å²) in [6.07, 6.45) is 2.90. The third-order valence-corrected chi connectivity index (χ3v) is 3.77. The van der Waals surface area contributed by atoms with Crippen molar-refractivity contribution in [1.82, 2.24) is 10.6 Å². The predicted octanol–water partition coefficient (Wildman–Crippen LogP) is -0.118. The Bertz CT molecular complexity index is 361. The van der Waals surface area contributed by atoms with Gasteiger partial charge in [-0.1, -0.05) is 0 Å². The molecule has 1 aliphatic heterocycles. The molecule has 100 valence electrons. The Balaban J connectivity index is 1.76. The summed E-state index contributed by atoms with van der Waals surface area (Å²) in [7, 11) is 0. The monoisotopic (exact) mass is 254 g/mol. The Labute approximate surface area is 105 Å². The van der Waals surface area contributed by atoms with Gasteiger partial charge in [-0.25, -0.2) is 0 Å². The van der Waals surface area contributed by atoms with Crippen LogP contribution in [0.15, 0.2) is 0 Å². The summed E-state index contributed by atoms with van der Waals surface area (Å²) in [5.41, 5.74) is 0. The highest BCUT2D eigenvalue weighted by molar-refractivity contribution is 5.89. The lowest BCUT2D eigenvalue weighted by molar-refractivity contribution is -0.142. The second-order valence-electron chi connectivity index (χ2n) is 5.10. The third-order valence-electron chi connectivity index (χ3n) is 3.77. The van der Waals surface area contributed by atoms with E-state index in [2.05, 4.69) is 10.6 Å². The summed E-state index contributed by atoms with van der Waals surface area (Å²) < 4.78 is 0. The van der Waals surface area contributed by atoms with E-state index in [1.165, 1.54) is 0 Å². The fraction of sp³-hybridized carbons (Fsp3) is 0.750. The van der Waals surface area contributed by atoms with Gasteiger partial charge in [0.15, 0.2) is 0 Å². The first-order valence-corrected chi connectivity index (χ1v) is 6.36. The zero-order valence-electron chi connectivity index (χ0n) is 10.1. The van der Waals surface area contributed by atoms with Gasteiger partial charge in [-0.15, -0.1) is 0 Å². The number of rotatable bonds is 3. The van der Waals surface area contributed by atoms with Gasteiger partial charge in [0, 0.05) is 19.0 Å². The standard InChI is InChI=1S/C12H18N2O4/c15-10-5-8(6-13-10)11(16)14-9-3-1-7(2-4-9)12(17)18/h7-9H,1-6H2,(H,13,15)(H,14,16)(H,17,18). The van der Waals surface area contributed by atoms with Gasteiger partial charge in [0.25, 0.3) is 0 Å². The molecule has 0 aromatic rings. The van der Waals surface area contributed by atoms with Gasteiger partial charge in [-0.05, 0) is 25.7 Å². The lowest BCUT2D eigenvalue weighted by Crippen LogP contribution is -2.42. The predicted molar refractivity (Wildman–Crippen MR) is 62.6 cm³/mol. The van der Waals surface area contributed by atoms with Crippen molar-refractivity contribution in [2.75, 3.05) is 6.54 Å². The molecule has 1 unspecified atom stereocenters. The average molecular weight is 254 g/mol. The number of carboxylic acids is 1. The minimum Gasteiger partial charge on any atom is -0.481 e. The van der Waals surface area contributed by atoms with Crippen LogP contribution < -0.4 is 10.6 Å². The first-order chi connectivity index (χ1) is 8.56. The molecule has 1 saturated carbocycles. The number of aliphatic carboxylic acids is 1. The van der Waals surface area contributed by atoms with E-state index in [0.717, 1.165) is 0 Å². The van der Waals surface area contributed by atoms with Gasteiger partial charge in [-0.3, -0.25) is 14.4 Å². The van der Waals surface area contributed by atoms with Crippen LogP contribution in [0.2, 0.25) is 0 Å². The van der Waals surface area contributed by atoms with Crippen LogP contribution >= 0.6 is 0 Å². The van der Waals surface area contributed by atoms with Crippen LogP contribution in [0.25, 0.3) is 0 Å². The minimum absolute atomic E-state index is 0.0591. The second kappa shape index (κ2) is 5.37. The van der Waals surface area contributed by atoms with Crippen molar-refractivity contribution in [2.45, 2.75) is 38.1 Å². The van der Waals surface area contributed by atoms with Crippen molar-refractivity contribution in [3.05, 3.63) is 0 Å². The summed E-state index contributed by atoms with van der Waals surface area (Å²) in [6.45, 7) is 0.412. The Morgan fingerprint density at radius 2 is 1.83 bits per heavy atom. The molecule has 18 heavy (non-hydrogen) atoms. The SMILES string of the molecule is O=C1CC(C(=O)NC2CCC(C(=O)O)CC2)CN1. The van der Waals surface area contributed by atoms with Crippen molar-refractivity contribution in [1.29, 1.82) is 0 Å². The Morgan fingerprint density at radius 1 is 1.17 bits per heavy atom. The highest BCUT2D eigenvalue weighted by Gasteiger charge is 2.31. The van der Waals surface area contributed by atoms with Crippen molar-refractivity contribution >= 4 is 17.8 Å². The van der Waals surface area contributed by atoms with Crippen LogP contribution in [0.1, 0.15) is 32.1 Å². The number of nitrogens with one attached hydrogen (secondary N) is 2. The largest absolute Gasteiger partial charge is 0.481 e. The van der Waals surface area contributed by atoms with Crippen LogP contribution in [-0.2, 0) is 14.4 Å². The molecular weight excluding hydrogens is 236 g/mol. The van der Waals surface area contributed by atoms with E-state index < -0.39 is 5.97 Å². The van der Waals surface area contributed by atoms with E-state index in [1.807, 2.05) is 0 Å². The van der Waals surface area contributed by atoms with Gasteiger partial charge in [0.2, 0.25) is 11.8 Å². The number of hydrogen-bond donors (Lipinski definition) is 3. The van der Waals surface area contributed by atoms with E-state index >= 15 is 0 Å². The maximum Gasteiger partial charge on any atom is 0.306 e. The van der Waals surface area contributed by atoms with Crippen LogP contribution in [-0.4, -0.2) is 35.5 Å². The topological polar surface area (TPSA) is 95.5 Å². The number of carbonyl (C=O) groups excluding carboxylic acids is 2. The summed E-state index contributed by atoms with van der Waals surface area (Å²) in [4.78, 5) is 33.7. The molecule has 0 spiro atoms. The van der Waals surface area contributed by atoms with Crippen LogP contribution in [0, 0.1) is 11.8 Å². The Hall–Kier alpha value is -1.59. The maximum atomic E-state index is 11.9. The van der Waals surface area contributed by atoms with E-state index in [4.69, 9.17) is 5.11 Å². The molecule has 2 fully saturated rings. The molecule has 0 aromatic heterocycles. The molecule has 0 radical (unpaired) electrons. The number of amides is 2. The van der Waals surface area contributed by atoms with Gasteiger partial charge in [0.05, 0.1) is 11.8 Å². The van der Waals surface area contributed by atoms with Gasteiger partial charge in [0.1, 0.15) is 0 Å². The van der Waals surface area contributed by atoms with Gasteiger partial charge >= 0.3 is 5.97 Å². The third kappa shape index (κ3) is 3.00. The molecule has 2 rings (SSSR count). The molecule has 1 saturated heterocycles. The fourth-order valence-electron chi connectivity index (χ4n) is 2.59. The quantitative estimate of drug-likeness (QED) is 0.654. The summed E-state index contributed by atoms with van der Waals surface area (Å²) in [5.74, 6) is -1.45. The normalized spacial score (nSPS) is 31.8. The lowest BCUT2D eigenvalue weighted by Gasteiger charge is -2.27. The number of carbonyl (C=O) groups is 3.